The largest absolute Gasteiger partial charge is 0.383 e. The molecule has 0 bridgehead atoms. The van der Waals surface area contributed by atoms with Gasteiger partial charge in [-0.25, -0.2) is 18.3 Å². The number of para-hydroxylation sites is 1. The molecule has 8 nitrogen and oxygen atoms in total. The summed E-state index contributed by atoms with van der Waals surface area (Å²) in [5, 5.41) is 19.8. The first-order valence-corrected chi connectivity index (χ1v) is 11.2. The Hall–Kier alpha value is -3.81. The van der Waals surface area contributed by atoms with Gasteiger partial charge in [0, 0.05) is 32.7 Å². The van der Waals surface area contributed by atoms with Crippen LogP contribution in [0.4, 0.5) is 19.4 Å². The Kier molecular flexibility index (Phi) is 7.39. The third-order valence-electron chi connectivity index (χ3n) is 6.10. The highest BCUT2D eigenvalue weighted by atomic mass is 19.2. The summed E-state index contributed by atoms with van der Waals surface area (Å²) in [5.74, 6) is -1.85. The minimum Gasteiger partial charge on any atom is -0.383 e. The van der Waals surface area contributed by atoms with E-state index in [4.69, 9.17) is 4.74 Å². The van der Waals surface area contributed by atoms with E-state index in [9.17, 15) is 18.8 Å². The molecular formula is C25H26F2N6O2. The molecule has 10 heteroatoms. The highest BCUT2D eigenvalue weighted by molar-refractivity contribution is 5.90. The number of likely N-dealkylation sites (tertiary alicyclic amines) is 1. The van der Waals surface area contributed by atoms with Crippen molar-refractivity contribution in [2.45, 2.75) is 18.9 Å². The van der Waals surface area contributed by atoms with E-state index in [0.717, 1.165) is 6.07 Å². The third kappa shape index (κ3) is 5.31. The highest BCUT2D eigenvalue weighted by Crippen LogP contribution is 2.29. The van der Waals surface area contributed by atoms with Crippen molar-refractivity contribution < 1.29 is 18.3 Å². The Morgan fingerprint density at radius 2 is 1.97 bits per heavy atom. The molecule has 182 valence electrons. The van der Waals surface area contributed by atoms with Gasteiger partial charge in [0.1, 0.15) is 11.6 Å². The summed E-state index contributed by atoms with van der Waals surface area (Å²) in [6.07, 6.45) is 0. The van der Waals surface area contributed by atoms with Gasteiger partial charge in [-0.15, -0.1) is 0 Å². The number of hydrogen-bond donors (Lipinski definition) is 2. The minimum atomic E-state index is -0.929. The lowest BCUT2D eigenvalue weighted by atomic mass is 9.94. The van der Waals surface area contributed by atoms with E-state index < -0.39 is 17.7 Å². The Balaban J connectivity index is 1.57. The number of ether oxygens (including phenoxy) is 1. The smallest absolute Gasteiger partial charge is 0.320 e. The quantitative estimate of drug-likeness (QED) is 0.539. The number of urea groups is 1. The number of hydrogen-bond acceptors (Lipinski definition) is 5. The van der Waals surface area contributed by atoms with Crippen molar-refractivity contribution in [2.24, 2.45) is 0 Å². The number of amides is 2. The number of methoxy groups -OCH3 is 1. The number of benzene rings is 2. The number of aromatic nitrogens is 2. The number of nitrogens with zero attached hydrogens (tertiary/aromatic N) is 4. The van der Waals surface area contributed by atoms with Crippen molar-refractivity contribution in [2.75, 3.05) is 38.7 Å². The van der Waals surface area contributed by atoms with Crippen molar-refractivity contribution in [3.63, 3.8) is 0 Å². The monoisotopic (exact) mass is 480 g/mol. The Morgan fingerprint density at radius 3 is 2.66 bits per heavy atom. The standard InChI is InChI=1S/C25H26F2N6O2/c1-16-19(13-28)24(33(31-16)18-6-4-3-5-7-18)30-25(34)29-23-15-32(10-11-35-2)14-20(23)17-8-9-21(26)22(27)12-17/h3-9,12,20,23H,10-11,14-15H2,1-2H3,(H2,29,30,34)/t20-,23+/m0/s1. The van der Waals surface area contributed by atoms with Gasteiger partial charge in [-0.05, 0) is 36.8 Å². The summed E-state index contributed by atoms with van der Waals surface area (Å²) in [7, 11) is 1.61. The summed E-state index contributed by atoms with van der Waals surface area (Å²) in [6.45, 7) is 3.89. The van der Waals surface area contributed by atoms with E-state index in [-0.39, 0.29) is 23.3 Å². The van der Waals surface area contributed by atoms with Gasteiger partial charge in [0.25, 0.3) is 0 Å². The van der Waals surface area contributed by atoms with Crippen LogP contribution >= 0.6 is 0 Å². The van der Waals surface area contributed by atoms with Crippen LogP contribution in [-0.4, -0.2) is 60.1 Å². The van der Waals surface area contributed by atoms with E-state index in [1.54, 1.807) is 14.0 Å². The van der Waals surface area contributed by atoms with Crippen LogP contribution in [0.25, 0.3) is 5.69 Å². The second-order valence-electron chi connectivity index (χ2n) is 8.41. The first-order chi connectivity index (χ1) is 16.9. The molecule has 4 rings (SSSR count). The highest BCUT2D eigenvalue weighted by Gasteiger charge is 2.35. The molecule has 2 atom stereocenters. The van der Waals surface area contributed by atoms with Crippen molar-refractivity contribution in [3.05, 3.63) is 77.0 Å². The van der Waals surface area contributed by atoms with Crippen LogP contribution in [0.15, 0.2) is 48.5 Å². The Morgan fingerprint density at radius 1 is 1.20 bits per heavy atom. The van der Waals surface area contributed by atoms with Crippen molar-refractivity contribution in [3.8, 4) is 11.8 Å². The number of anilines is 1. The fourth-order valence-corrected chi connectivity index (χ4v) is 4.36. The van der Waals surface area contributed by atoms with Gasteiger partial charge in [-0.2, -0.15) is 10.4 Å². The van der Waals surface area contributed by atoms with Crippen LogP contribution in [0.5, 0.6) is 0 Å². The van der Waals surface area contributed by atoms with Crippen LogP contribution in [0.3, 0.4) is 0 Å². The van der Waals surface area contributed by atoms with Gasteiger partial charge in [0.05, 0.1) is 24.0 Å². The third-order valence-corrected chi connectivity index (χ3v) is 6.10. The molecular weight excluding hydrogens is 454 g/mol. The molecule has 0 radical (unpaired) electrons. The van der Waals surface area contributed by atoms with E-state index in [2.05, 4.69) is 26.7 Å². The minimum absolute atomic E-state index is 0.257. The van der Waals surface area contributed by atoms with Crippen LogP contribution in [-0.2, 0) is 4.74 Å². The van der Waals surface area contributed by atoms with Crippen molar-refractivity contribution in [1.29, 1.82) is 5.26 Å². The van der Waals surface area contributed by atoms with Crippen LogP contribution in [0, 0.1) is 29.9 Å². The van der Waals surface area contributed by atoms with Gasteiger partial charge in [-0.1, -0.05) is 24.3 Å². The summed E-state index contributed by atoms with van der Waals surface area (Å²) in [5.41, 5.74) is 2.03. The maximum Gasteiger partial charge on any atom is 0.320 e. The van der Waals surface area contributed by atoms with E-state index in [1.165, 1.54) is 16.8 Å². The van der Waals surface area contributed by atoms with Gasteiger partial charge in [0.2, 0.25) is 0 Å². The van der Waals surface area contributed by atoms with Crippen LogP contribution < -0.4 is 10.6 Å². The second-order valence-corrected chi connectivity index (χ2v) is 8.41. The second kappa shape index (κ2) is 10.6. The number of halogens is 2. The van der Waals surface area contributed by atoms with E-state index in [1.807, 2.05) is 30.3 Å². The van der Waals surface area contributed by atoms with Gasteiger partial charge < -0.3 is 10.1 Å². The molecule has 2 heterocycles. The molecule has 1 aliphatic heterocycles. The number of nitriles is 1. The topological polar surface area (TPSA) is 95.2 Å². The van der Waals surface area contributed by atoms with Crippen LogP contribution in [0.2, 0.25) is 0 Å². The van der Waals surface area contributed by atoms with Gasteiger partial charge in [-0.3, -0.25) is 10.2 Å². The van der Waals surface area contributed by atoms with Crippen LogP contribution in [0.1, 0.15) is 22.7 Å². The Labute approximate surface area is 202 Å². The number of rotatable bonds is 7. The molecule has 1 fully saturated rings. The molecule has 2 N–H and O–H groups in total. The molecule has 3 aromatic rings. The molecule has 0 aliphatic carbocycles. The SMILES string of the molecule is COCCN1C[C@@H](NC(=O)Nc2c(C#N)c(C)nn2-c2ccccc2)[C@H](c2ccc(F)c(F)c2)C1. The Bertz CT molecular complexity index is 1240. The molecule has 0 saturated carbocycles. The number of nitrogens with one attached hydrogen (secondary N) is 2. The van der Waals surface area contributed by atoms with E-state index >= 15 is 0 Å². The first-order valence-electron chi connectivity index (χ1n) is 11.2. The predicted molar refractivity (Wildman–Crippen MR) is 126 cm³/mol. The molecule has 1 saturated heterocycles. The zero-order chi connectivity index (χ0) is 24.9. The summed E-state index contributed by atoms with van der Waals surface area (Å²) < 4.78 is 34.1. The lowest BCUT2D eigenvalue weighted by Crippen LogP contribution is -2.42. The molecule has 1 aliphatic rings. The normalized spacial score (nSPS) is 17.8. The fourth-order valence-electron chi connectivity index (χ4n) is 4.36. The molecule has 1 aromatic heterocycles. The van der Waals surface area contributed by atoms with Crippen molar-refractivity contribution in [1.82, 2.24) is 20.0 Å². The first kappa shape index (κ1) is 24.3. The molecule has 35 heavy (non-hydrogen) atoms. The lowest BCUT2D eigenvalue weighted by Gasteiger charge is -2.21. The van der Waals surface area contributed by atoms with Crippen molar-refractivity contribution >= 4 is 11.8 Å². The maximum atomic E-state index is 14.0. The van der Waals surface area contributed by atoms with Gasteiger partial charge in [0.15, 0.2) is 17.5 Å². The molecule has 2 amide bonds. The molecule has 2 aromatic carbocycles. The number of carbonyl (C=O) groups is 1. The molecule has 0 spiro atoms. The van der Waals surface area contributed by atoms with E-state index in [0.29, 0.717) is 43.2 Å². The average molecular weight is 481 g/mol. The predicted octanol–water partition coefficient (Wildman–Crippen LogP) is 3.57. The fraction of sp³-hybridized carbons (Fsp3) is 0.320. The summed E-state index contributed by atoms with van der Waals surface area (Å²) >= 11 is 0. The summed E-state index contributed by atoms with van der Waals surface area (Å²) in [6, 6.07) is 14.2. The summed E-state index contributed by atoms with van der Waals surface area (Å²) in [4.78, 5) is 15.2. The average Bonchev–Trinajstić information content (AvgIpc) is 3.39. The maximum absolute atomic E-state index is 14.0. The zero-order valence-corrected chi connectivity index (χ0v) is 19.5. The zero-order valence-electron chi connectivity index (χ0n) is 19.5. The lowest BCUT2D eigenvalue weighted by molar-refractivity contribution is 0.159. The molecule has 0 unspecified atom stereocenters. The van der Waals surface area contributed by atoms with Gasteiger partial charge >= 0.3 is 6.03 Å². The number of carbonyl (C=O) groups excluding carboxylic acids is 1. The number of aryl methyl sites for hydroxylation is 1.